The molecule has 0 aliphatic carbocycles. The fraction of sp³-hybridized carbons (Fsp3) is 0.889. The summed E-state index contributed by atoms with van der Waals surface area (Å²) in [5, 5.41) is -0.538. The second-order valence-electron chi connectivity index (χ2n) is 3.63. The molecule has 6 nitrogen and oxygen atoms in total. The Morgan fingerprint density at radius 3 is 2.44 bits per heavy atom. The standard InChI is InChI=1S/C9H21N3O3S/c1-2-8(7-10)16(14,15)12-6-4-3-5-9(11)13/h8,12H,2-7,10H2,1H3,(H2,11,13). The van der Waals surface area contributed by atoms with Crippen molar-refractivity contribution in [2.75, 3.05) is 13.1 Å². The number of sulfonamides is 1. The van der Waals surface area contributed by atoms with Gasteiger partial charge in [-0.25, -0.2) is 13.1 Å². The molecular formula is C9H21N3O3S. The number of hydrogen-bond acceptors (Lipinski definition) is 4. The van der Waals surface area contributed by atoms with Crippen molar-refractivity contribution >= 4 is 15.9 Å². The lowest BCUT2D eigenvalue weighted by molar-refractivity contribution is -0.118. The molecule has 0 aromatic carbocycles. The van der Waals surface area contributed by atoms with Crippen LogP contribution in [-0.2, 0) is 14.8 Å². The van der Waals surface area contributed by atoms with Crippen molar-refractivity contribution in [2.45, 2.75) is 37.9 Å². The highest BCUT2D eigenvalue weighted by Gasteiger charge is 2.20. The SMILES string of the molecule is CCC(CN)S(=O)(=O)NCCCCC(N)=O. The molecule has 0 rings (SSSR count). The van der Waals surface area contributed by atoms with Crippen molar-refractivity contribution in [2.24, 2.45) is 11.5 Å². The molecule has 0 heterocycles. The molecule has 5 N–H and O–H groups in total. The monoisotopic (exact) mass is 251 g/mol. The van der Waals surface area contributed by atoms with Crippen molar-refractivity contribution in [1.82, 2.24) is 4.72 Å². The number of primary amides is 1. The zero-order valence-corrected chi connectivity index (χ0v) is 10.4. The van der Waals surface area contributed by atoms with Crippen molar-refractivity contribution in [3.05, 3.63) is 0 Å². The van der Waals surface area contributed by atoms with Gasteiger partial charge in [-0.05, 0) is 19.3 Å². The summed E-state index contributed by atoms with van der Waals surface area (Å²) < 4.78 is 25.7. The van der Waals surface area contributed by atoms with E-state index in [-0.39, 0.29) is 18.9 Å². The van der Waals surface area contributed by atoms with E-state index >= 15 is 0 Å². The van der Waals surface area contributed by atoms with Crippen LogP contribution in [0.2, 0.25) is 0 Å². The van der Waals surface area contributed by atoms with Crippen LogP contribution in [0.5, 0.6) is 0 Å². The Hall–Kier alpha value is -0.660. The van der Waals surface area contributed by atoms with E-state index in [2.05, 4.69) is 4.72 Å². The van der Waals surface area contributed by atoms with Crippen LogP contribution in [0.3, 0.4) is 0 Å². The van der Waals surface area contributed by atoms with Gasteiger partial charge >= 0.3 is 0 Å². The first-order valence-electron chi connectivity index (χ1n) is 5.40. The Labute approximate surface area is 96.8 Å². The Balaban J connectivity index is 3.87. The molecule has 0 saturated carbocycles. The molecule has 0 radical (unpaired) electrons. The topological polar surface area (TPSA) is 115 Å². The summed E-state index contributed by atoms with van der Waals surface area (Å²) in [6.45, 7) is 2.23. The van der Waals surface area contributed by atoms with Crippen LogP contribution in [0, 0.1) is 0 Å². The lowest BCUT2D eigenvalue weighted by atomic mass is 10.2. The molecule has 0 fully saturated rings. The minimum atomic E-state index is -3.31. The normalized spacial score (nSPS) is 13.6. The quantitative estimate of drug-likeness (QED) is 0.470. The van der Waals surface area contributed by atoms with Crippen molar-refractivity contribution < 1.29 is 13.2 Å². The maximum absolute atomic E-state index is 11.6. The van der Waals surface area contributed by atoms with E-state index in [0.29, 0.717) is 25.8 Å². The third kappa shape index (κ3) is 6.04. The Morgan fingerprint density at radius 2 is 2.00 bits per heavy atom. The van der Waals surface area contributed by atoms with Crippen LogP contribution in [-0.4, -0.2) is 32.7 Å². The third-order valence-corrected chi connectivity index (χ3v) is 4.32. The fourth-order valence-corrected chi connectivity index (χ4v) is 2.63. The van der Waals surface area contributed by atoms with Gasteiger partial charge in [0.25, 0.3) is 0 Å². The molecule has 0 saturated heterocycles. The minimum absolute atomic E-state index is 0.118. The van der Waals surface area contributed by atoms with E-state index < -0.39 is 15.3 Å². The zero-order chi connectivity index (χ0) is 12.6. The largest absolute Gasteiger partial charge is 0.370 e. The van der Waals surface area contributed by atoms with Gasteiger partial charge in [0.15, 0.2) is 0 Å². The first kappa shape index (κ1) is 15.3. The number of rotatable bonds is 9. The molecule has 1 atom stereocenters. The maximum Gasteiger partial charge on any atom is 0.217 e. The summed E-state index contributed by atoms with van der Waals surface area (Å²) in [5.74, 6) is -0.365. The van der Waals surface area contributed by atoms with Gasteiger partial charge < -0.3 is 11.5 Å². The van der Waals surface area contributed by atoms with Crippen LogP contribution in [0.1, 0.15) is 32.6 Å². The smallest absolute Gasteiger partial charge is 0.217 e. The first-order chi connectivity index (χ1) is 7.44. The molecule has 0 bridgehead atoms. The van der Waals surface area contributed by atoms with Gasteiger partial charge in [0.1, 0.15) is 0 Å². The van der Waals surface area contributed by atoms with Crippen LogP contribution < -0.4 is 16.2 Å². The van der Waals surface area contributed by atoms with Gasteiger partial charge in [-0.2, -0.15) is 0 Å². The van der Waals surface area contributed by atoms with E-state index in [1.54, 1.807) is 6.92 Å². The summed E-state index contributed by atoms with van der Waals surface area (Å²) in [6.07, 6.45) is 1.98. The lowest BCUT2D eigenvalue weighted by Gasteiger charge is -2.14. The van der Waals surface area contributed by atoms with Crippen molar-refractivity contribution in [1.29, 1.82) is 0 Å². The molecule has 16 heavy (non-hydrogen) atoms. The average Bonchev–Trinajstić information content (AvgIpc) is 2.17. The summed E-state index contributed by atoms with van der Waals surface area (Å²) in [4.78, 5) is 10.4. The predicted octanol–water partition coefficient (Wildman–Crippen LogP) is -0.701. The van der Waals surface area contributed by atoms with Crippen LogP contribution in [0.4, 0.5) is 0 Å². The number of nitrogens with two attached hydrogens (primary N) is 2. The highest BCUT2D eigenvalue weighted by atomic mass is 32.2. The maximum atomic E-state index is 11.6. The highest BCUT2D eigenvalue weighted by Crippen LogP contribution is 2.02. The van der Waals surface area contributed by atoms with Gasteiger partial charge in [0, 0.05) is 19.5 Å². The number of carbonyl (C=O) groups excluding carboxylic acids is 1. The second-order valence-corrected chi connectivity index (χ2v) is 5.67. The first-order valence-corrected chi connectivity index (χ1v) is 6.95. The Kier molecular flexibility index (Phi) is 7.27. The van der Waals surface area contributed by atoms with Gasteiger partial charge in [0.05, 0.1) is 5.25 Å². The molecule has 0 aromatic heterocycles. The number of unbranched alkanes of at least 4 members (excludes halogenated alkanes) is 1. The Morgan fingerprint density at radius 1 is 1.38 bits per heavy atom. The molecule has 96 valence electrons. The third-order valence-electron chi connectivity index (χ3n) is 2.31. The second kappa shape index (κ2) is 7.59. The highest BCUT2D eigenvalue weighted by molar-refractivity contribution is 7.90. The van der Waals surface area contributed by atoms with E-state index in [4.69, 9.17) is 11.5 Å². The summed E-state index contributed by atoms with van der Waals surface area (Å²) in [5.41, 5.74) is 10.3. The van der Waals surface area contributed by atoms with E-state index in [1.165, 1.54) is 0 Å². The summed E-state index contributed by atoms with van der Waals surface area (Å²) in [7, 11) is -3.31. The molecule has 7 heteroatoms. The van der Waals surface area contributed by atoms with Crippen LogP contribution in [0.15, 0.2) is 0 Å². The summed E-state index contributed by atoms with van der Waals surface area (Å²) >= 11 is 0. The van der Waals surface area contributed by atoms with E-state index in [1.807, 2.05) is 0 Å². The van der Waals surface area contributed by atoms with Crippen LogP contribution >= 0.6 is 0 Å². The molecule has 0 aliphatic heterocycles. The number of amides is 1. The molecule has 1 amide bonds. The molecule has 0 aromatic rings. The predicted molar refractivity (Wildman–Crippen MR) is 63.1 cm³/mol. The van der Waals surface area contributed by atoms with Gasteiger partial charge in [-0.3, -0.25) is 4.79 Å². The summed E-state index contributed by atoms with van der Waals surface area (Å²) in [6, 6.07) is 0. The van der Waals surface area contributed by atoms with E-state index in [0.717, 1.165) is 0 Å². The van der Waals surface area contributed by atoms with E-state index in [9.17, 15) is 13.2 Å². The zero-order valence-electron chi connectivity index (χ0n) is 9.61. The number of carbonyl (C=O) groups is 1. The van der Waals surface area contributed by atoms with Crippen molar-refractivity contribution in [3.63, 3.8) is 0 Å². The van der Waals surface area contributed by atoms with Gasteiger partial charge in [-0.15, -0.1) is 0 Å². The fourth-order valence-electron chi connectivity index (χ4n) is 1.27. The van der Waals surface area contributed by atoms with Gasteiger partial charge in [-0.1, -0.05) is 6.92 Å². The molecule has 1 unspecified atom stereocenters. The minimum Gasteiger partial charge on any atom is -0.370 e. The lowest BCUT2D eigenvalue weighted by Crippen LogP contribution is -2.39. The number of hydrogen-bond donors (Lipinski definition) is 3. The van der Waals surface area contributed by atoms with Crippen molar-refractivity contribution in [3.8, 4) is 0 Å². The molecule has 0 spiro atoms. The molecule has 0 aliphatic rings. The Bertz CT molecular complexity index is 299. The van der Waals surface area contributed by atoms with Gasteiger partial charge in [0.2, 0.25) is 15.9 Å². The number of nitrogens with one attached hydrogen (secondary N) is 1. The van der Waals surface area contributed by atoms with Crippen LogP contribution in [0.25, 0.3) is 0 Å². The molecular weight excluding hydrogens is 230 g/mol. The average molecular weight is 251 g/mol.